The number of thioether (sulfide) groups is 1. The van der Waals surface area contributed by atoms with Crippen LogP contribution in [0, 0.1) is 5.92 Å². The van der Waals surface area contributed by atoms with Gasteiger partial charge in [-0.3, -0.25) is 4.99 Å². The smallest absolute Gasteiger partial charge is 0.0742 e. The van der Waals surface area contributed by atoms with Crippen LogP contribution in [0.1, 0.15) is 20.8 Å². The zero-order valence-electron chi connectivity index (χ0n) is 7.14. The summed E-state index contributed by atoms with van der Waals surface area (Å²) in [4.78, 5) is 5.25. The van der Waals surface area contributed by atoms with Crippen molar-refractivity contribution in [1.82, 2.24) is 0 Å². The van der Waals surface area contributed by atoms with E-state index in [-0.39, 0.29) is 0 Å². The molecule has 0 bridgehead atoms. The van der Waals surface area contributed by atoms with E-state index in [9.17, 15) is 0 Å². The minimum Gasteiger partial charge on any atom is -0.286 e. The minimum absolute atomic E-state index is 0.520. The Kier molecular flexibility index (Phi) is 4.45. The third-order valence-corrected chi connectivity index (χ3v) is 2.20. The van der Waals surface area contributed by atoms with Gasteiger partial charge in [-0.1, -0.05) is 32.2 Å². The molecule has 0 aliphatic heterocycles. The van der Waals surface area contributed by atoms with Gasteiger partial charge in [0.15, 0.2) is 0 Å². The second kappa shape index (κ2) is 4.56. The van der Waals surface area contributed by atoms with Gasteiger partial charge in [0.25, 0.3) is 0 Å². The van der Waals surface area contributed by atoms with Crippen molar-refractivity contribution in [1.29, 1.82) is 0 Å². The van der Waals surface area contributed by atoms with E-state index >= 15 is 0 Å². The van der Waals surface area contributed by atoms with Gasteiger partial charge in [0.05, 0.1) is 5.04 Å². The van der Waals surface area contributed by atoms with Crippen molar-refractivity contribution in [2.45, 2.75) is 20.8 Å². The number of nitrogens with zero attached hydrogens (tertiary/aromatic N) is 1. The fourth-order valence-corrected chi connectivity index (χ4v) is 1.28. The van der Waals surface area contributed by atoms with Gasteiger partial charge >= 0.3 is 0 Å². The number of rotatable bonds is 2. The number of allylic oxidation sites excluding steroid dienone is 1. The summed E-state index contributed by atoms with van der Waals surface area (Å²) in [5.74, 6) is 0.520. The van der Waals surface area contributed by atoms with Crippen molar-refractivity contribution in [2.24, 2.45) is 10.9 Å². The highest BCUT2D eigenvalue weighted by molar-refractivity contribution is 8.17. The van der Waals surface area contributed by atoms with Crippen LogP contribution in [-0.4, -0.2) is 12.1 Å². The van der Waals surface area contributed by atoms with Crippen LogP contribution < -0.4 is 0 Å². The third kappa shape index (κ3) is 3.72. The first-order valence-electron chi connectivity index (χ1n) is 3.38. The molecule has 0 saturated carbocycles. The highest BCUT2D eigenvalue weighted by atomic mass is 32.2. The summed E-state index contributed by atoms with van der Waals surface area (Å²) in [7, 11) is 1.82. The fraction of sp³-hybridized carbons (Fsp3) is 0.625. The lowest BCUT2D eigenvalue weighted by Gasteiger charge is -2.06. The summed E-state index contributed by atoms with van der Waals surface area (Å²) >= 11 is 1.66. The Morgan fingerprint density at radius 1 is 1.50 bits per heavy atom. The first kappa shape index (κ1) is 9.76. The maximum atomic E-state index is 4.15. The molecule has 0 radical (unpaired) electrons. The molecule has 0 aromatic heterocycles. The van der Waals surface area contributed by atoms with E-state index in [1.54, 1.807) is 11.8 Å². The molecule has 10 heavy (non-hydrogen) atoms. The van der Waals surface area contributed by atoms with Crippen LogP contribution in [0.5, 0.6) is 0 Å². The van der Waals surface area contributed by atoms with Gasteiger partial charge in [-0.15, -0.1) is 0 Å². The maximum Gasteiger partial charge on any atom is 0.0742 e. The largest absolute Gasteiger partial charge is 0.286 e. The highest BCUT2D eigenvalue weighted by Crippen LogP contribution is 2.19. The molecule has 0 heterocycles. The van der Waals surface area contributed by atoms with E-state index in [1.807, 2.05) is 14.0 Å². The first-order valence-corrected chi connectivity index (χ1v) is 4.19. The average molecular weight is 157 g/mol. The van der Waals surface area contributed by atoms with Gasteiger partial charge < -0.3 is 0 Å². The van der Waals surface area contributed by atoms with Gasteiger partial charge in [-0.05, 0) is 11.8 Å². The van der Waals surface area contributed by atoms with Gasteiger partial charge in [-0.2, -0.15) is 0 Å². The molecule has 0 rings (SSSR count). The average Bonchev–Trinajstić information content (AvgIpc) is 1.81. The van der Waals surface area contributed by atoms with Crippen molar-refractivity contribution < 1.29 is 0 Å². The van der Waals surface area contributed by atoms with Crippen molar-refractivity contribution in [3.05, 3.63) is 11.5 Å². The number of hydrogen-bond donors (Lipinski definition) is 0. The Bertz CT molecular complexity index is 147. The van der Waals surface area contributed by atoms with Crippen LogP contribution in [0.15, 0.2) is 16.5 Å². The zero-order valence-corrected chi connectivity index (χ0v) is 7.96. The van der Waals surface area contributed by atoms with Crippen LogP contribution in [-0.2, 0) is 0 Å². The van der Waals surface area contributed by atoms with Gasteiger partial charge in [0.2, 0.25) is 0 Å². The molecule has 0 aliphatic rings. The fourth-order valence-electron chi connectivity index (χ4n) is 0.600. The van der Waals surface area contributed by atoms with Crippen LogP contribution in [0.25, 0.3) is 0 Å². The molecule has 58 valence electrons. The van der Waals surface area contributed by atoms with E-state index < -0.39 is 0 Å². The molecule has 0 unspecified atom stereocenters. The predicted molar refractivity (Wildman–Crippen MR) is 50.6 cm³/mol. The summed E-state index contributed by atoms with van der Waals surface area (Å²) in [6, 6.07) is 0. The topological polar surface area (TPSA) is 12.4 Å². The Hall–Kier alpha value is -0.240. The summed E-state index contributed by atoms with van der Waals surface area (Å²) < 4.78 is 0. The second-order valence-corrected chi connectivity index (χ2v) is 3.84. The van der Waals surface area contributed by atoms with E-state index in [4.69, 9.17) is 0 Å². The first-order chi connectivity index (χ1) is 4.57. The minimum atomic E-state index is 0.520. The molecule has 0 aliphatic carbocycles. The Morgan fingerprint density at radius 2 is 2.00 bits per heavy atom. The lowest BCUT2D eigenvalue weighted by Crippen LogP contribution is -2.01. The highest BCUT2D eigenvalue weighted by Gasteiger charge is 2.03. The molecular formula is C8H15NS. The third-order valence-electron chi connectivity index (χ3n) is 0.993. The van der Waals surface area contributed by atoms with Crippen molar-refractivity contribution in [3.63, 3.8) is 0 Å². The van der Waals surface area contributed by atoms with Gasteiger partial charge in [0.1, 0.15) is 0 Å². The molecule has 1 nitrogen and oxygen atoms in total. The quantitative estimate of drug-likeness (QED) is 0.443. The van der Waals surface area contributed by atoms with E-state index in [0.717, 1.165) is 9.95 Å². The summed E-state index contributed by atoms with van der Waals surface area (Å²) in [6.07, 6.45) is 0. The Balaban J connectivity index is 3.99. The maximum absolute atomic E-state index is 4.15. The van der Waals surface area contributed by atoms with Crippen molar-refractivity contribution >= 4 is 16.8 Å². The van der Waals surface area contributed by atoms with Crippen LogP contribution in [0.4, 0.5) is 0 Å². The van der Waals surface area contributed by atoms with Crippen LogP contribution in [0.3, 0.4) is 0 Å². The molecule has 0 amide bonds. The van der Waals surface area contributed by atoms with E-state index in [0.29, 0.717) is 5.92 Å². The molecule has 0 aromatic rings. The molecular weight excluding hydrogens is 142 g/mol. The number of aliphatic imine (C=N–C) groups is 1. The second-order valence-electron chi connectivity index (χ2n) is 2.52. The van der Waals surface area contributed by atoms with Crippen LogP contribution >= 0.6 is 11.8 Å². The lowest BCUT2D eigenvalue weighted by molar-refractivity contribution is 0.898. The van der Waals surface area contributed by atoms with E-state index in [1.165, 1.54) is 0 Å². The molecule has 0 fully saturated rings. The summed E-state index contributed by atoms with van der Waals surface area (Å²) in [5.41, 5.74) is 0. The van der Waals surface area contributed by atoms with E-state index in [2.05, 4.69) is 25.4 Å². The summed E-state index contributed by atoms with van der Waals surface area (Å²) in [5, 5.41) is 1.16. The lowest BCUT2D eigenvalue weighted by atomic mass is 10.2. The monoisotopic (exact) mass is 157 g/mol. The molecule has 0 spiro atoms. The molecule has 0 saturated heterocycles. The normalized spacial score (nSPS) is 12.3. The SMILES string of the molecule is C=C(C)SC(=NC)C(C)C. The predicted octanol–water partition coefficient (Wildman–Crippen LogP) is 2.94. The van der Waals surface area contributed by atoms with Gasteiger partial charge in [-0.25, -0.2) is 0 Å². The Morgan fingerprint density at radius 3 is 2.10 bits per heavy atom. The standard InChI is InChI=1S/C8H15NS/c1-6(2)8(9-5)10-7(3)4/h6H,3H2,1-2,4-5H3. The molecule has 2 heteroatoms. The van der Waals surface area contributed by atoms with Crippen molar-refractivity contribution in [3.8, 4) is 0 Å². The molecule has 0 N–H and O–H groups in total. The Labute approximate surface area is 67.6 Å². The van der Waals surface area contributed by atoms with Crippen LogP contribution in [0.2, 0.25) is 0 Å². The summed E-state index contributed by atoms with van der Waals surface area (Å²) in [6.45, 7) is 10.1. The zero-order chi connectivity index (χ0) is 8.15. The van der Waals surface area contributed by atoms with Crippen molar-refractivity contribution in [2.75, 3.05) is 7.05 Å². The molecule has 0 aromatic carbocycles. The molecule has 0 atom stereocenters. The van der Waals surface area contributed by atoms with Gasteiger partial charge in [0, 0.05) is 13.0 Å². The number of hydrogen-bond acceptors (Lipinski definition) is 2.